The molecule has 7 nitrogen and oxygen atoms in total. The topological polar surface area (TPSA) is 75.5 Å². The van der Waals surface area contributed by atoms with Gasteiger partial charge in [0.2, 0.25) is 11.9 Å². The van der Waals surface area contributed by atoms with E-state index >= 15 is 0 Å². The first-order valence-electron chi connectivity index (χ1n) is 11.3. The Hall–Kier alpha value is -3.58. The fourth-order valence-electron chi connectivity index (χ4n) is 3.93. The molecule has 1 N–H and O–H groups in total. The van der Waals surface area contributed by atoms with Crippen molar-refractivity contribution in [1.82, 2.24) is 15.0 Å². The summed E-state index contributed by atoms with van der Waals surface area (Å²) in [5.74, 6) is 1.47. The molecular formula is C26H28N6O. The molecular weight excluding hydrogens is 412 g/mol. The number of hydrogen-bond donors (Lipinski definition) is 1. The van der Waals surface area contributed by atoms with Crippen LogP contribution < -0.4 is 10.2 Å². The van der Waals surface area contributed by atoms with Crippen molar-refractivity contribution in [2.75, 3.05) is 36.5 Å². The number of allylic oxidation sites excluding steroid dienone is 4. The Morgan fingerprint density at radius 1 is 0.970 bits per heavy atom. The number of aliphatic imine (C=N–C) groups is 1. The standard InChI is InChI=1S/C26H28N6O/c1-26(2)13-6-9-20(12-14-26)27-23-29-24(31-25(30-23)32-15-17-33-18-16-32)28-22-11-5-8-19-7-3-4-10-21(19)22/h3-12,14H,13,15-18H2,1-2H3,(H,28,29,30,31). The smallest absolute Gasteiger partial charge is 0.256 e. The van der Waals surface area contributed by atoms with Crippen LogP contribution >= 0.6 is 0 Å². The molecule has 0 amide bonds. The zero-order valence-corrected chi connectivity index (χ0v) is 19.0. The fourth-order valence-corrected chi connectivity index (χ4v) is 3.93. The maximum Gasteiger partial charge on any atom is 0.256 e. The van der Waals surface area contributed by atoms with Crippen LogP contribution in [0.1, 0.15) is 20.3 Å². The number of nitrogens with one attached hydrogen (secondary N) is 1. The molecule has 0 bridgehead atoms. The van der Waals surface area contributed by atoms with Crippen LogP contribution in [-0.4, -0.2) is 47.0 Å². The monoisotopic (exact) mass is 440 g/mol. The van der Waals surface area contributed by atoms with Gasteiger partial charge in [-0.3, -0.25) is 0 Å². The van der Waals surface area contributed by atoms with Crippen molar-refractivity contribution in [1.29, 1.82) is 0 Å². The van der Waals surface area contributed by atoms with Crippen molar-refractivity contribution < 1.29 is 4.74 Å². The minimum absolute atomic E-state index is 0.104. The van der Waals surface area contributed by atoms with Crippen LogP contribution in [0.5, 0.6) is 0 Å². The van der Waals surface area contributed by atoms with E-state index in [2.05, 4.69) is 64.4 Å². The van der Waals surface area contributed by atoms with Crippen LogP contribution in [0.25, 0.3) is 10.8 Å². The third-order valence-corrected chi connectivity index (χ3v) is 5.81. The third-order valence-electron chi connectivity index (χ3n) is 5.81. The predicted molar refractivity (Wildman–Crippen MR) is 134 cm³/mol. The summed E-state index contributed by atoms with van der Waals surface area (Å²) in [5, 5.41) is 5.67. The molecule has 5 rings (SSSR count). The lowest BCUT2D eigenvalue weighted by Crippen LogP contribution is -2.37. The SMILES string of the molecule is CC1(C)C=CC(=Nc2nc(Nc3cccc4ccccc34)nc(N3CCOCC3)n2)C=CC1. The van der Waals surface area contributed by atoms with E-state index < -0.39 is 0 Å². The molecule has 1 saturated heterocycles. The number of hydrogen-bond acceptors (Lipinski definition) is 7. The van der Waals surface area contributed by atoms with E-state index in [0.717, 1.165) is 41.7 Å². The Bertz CT molecular complexity index is 1240. The largest absolute Gasteiger partial charge is 0.378 e. The van der Waals surface area contributed by atoms with E-state index in [1.807, 2.05) is 36.4 Å². The number of benzene rings is 2. The molecule has 1 aliphatic carbocycles. The fraction of sp³-hybridized carbons (Fsp3) is 0.308. The van der Waals surface area contributed by atoms with E-state index in [4.69, 9.17) is 14.7 Å². The minimum atomic E-state index is 0.104. The van der Waals surface area contributed by atoms with Crippen LogP contribution in [-0.2, 0) is 4.74 Å². The molecule has 0 spiro atoms. The molecule has 0 saturated carbocycles. The van der Waals surface area contributed by atoms with Crippen LogP contribution in [0.4, 0.5) is 23.5 Å². The van der Waals surface area contributed by atoms with E-state index in [9.17, 15) is 0 Å². The molecule has 2 aliphatic rings. The lowest BCUT2D eigenvalue weighted by atomic mass is 9.90. The molecule has 7 heteroatoms. The van der Waals surface area contributed by atoms with Gasteiger partial charge in [0.1, 0.15) is 0 Å². The van der Waals surface area contributed by atoms with Crippen molar-refractivity contribution in [3.63, 3.8) is 0 Å². The second-order valence-corrected chi connectivity index (χ2v) is 8.98. The summed E-state index contributed by atoms with van der Waals surface area (Å²) in [6, 6.07) is 14.4. The molecule has 3 aromatic rings. The molecule has 0 unspecified atom stereocenters. The number of ether oxygens (including phenoxy) is 1. The average Bonchev–Trinajstić information content (AvgIpc) is 3.00. The molecule has 1 fully saturated rings. The molecule has 2 aromatic carbocycles. The highest BCUT2D eigenvalue weighted by atomic mass is 16.5. The summed E-state index contributed by atoms with van der Waals surface area (Å²) < 4.78 is 5.51. The van der Waals surface area contributed by atoms with Gasteiger partial charge in [-0.25, -0.2) is 4.99 Å². The number of morpholine rings is 1. The van der Waals surface area contributed by atoms with Crippen molar-refractivity contribution >= 4 is 40.0 Å². The van der Waals surface area contributed by atoms with E-state index in [1.54, 1.807) is 0 Å². The van der Waals surface area contributed by atoms with Crippen molar-refractivity contribution in [3.8, 4) is 0 Å². The summed E-state index contributed by atoms with van der Waals surface area (Å²) in [6.07, 6.45) is 9.37. The molecule has 1 aromatic heterocycles. The maximum atomic E-state index is 5.51. The number of fused-ring (bicyclic) bond motifs is 1. The average molecular weight is 441 g/mol. The van der Waals surface area contributed by atoms with E-state index in [1.165, 1.54) is 0 Å². The van der Waals surface area contributed by atoms with Crippen molar-refractivity contribution in [3.05, 3.63) is 66.8 Å². The zero-order chi connectivity index (χ0) is 22.7. The van der Waals surface area contributed by atoms with Gasteiger partial charge < -0.3 is 15.0 Å². The summed E-state index contributed by atoms with van der Waals surface area (Å²) in [5.41, 5.74) is 1.88. The number of nitrogens with zero attached hydrogens (tertiary/aromatic N) is 5. The number of anilines is 3. The molecule has 1 aliphatic heterocycles. The summed E-state index contributed by atoms with van der Waals surface area (Å²) in [7, 11) is 0. The summed E-state index contributed by atoms with van der Waals surface area (Å²) in [6.45, 7) is 7.21. The Morgan fingerprint density at radius 2 is 1.79 bits per heavy atom. The van der Waals surface area contributed by atoms with Gasteiger partial charge in [0.15, 0.2) is 0 Å². The van der Waals surface area contributed by atoms with Crippen molar-refractivity contribution in [2.24, 2.45) is 10.4 Å². The van der Waals surface area contributed by atoms with Crippen LogP contribution in [0.3, 0.4) is 0 Å². The predicted octanol–water partition coefficient (Wildman–Crippen LogP) is 5.22. The van der Waals surface area contributed by atoms with E-state index in [-0.39, 0.29) is 5.41 Å². The molecule has 33 heavy (non-hydrogen) atoms. The Labute approximate surface area is 194 Å². The first-order chi connectivity index (χ1) is 16.1. The lowest BCUT2D eigenvalue weighted by Gasteiger charge is -2.26. The van der Waals surface area contributed by atoms with Gasteiger partial charge in [0, 0.05) is 24.2 Å². The van der Waals surface area contributed by atoms with Crippen LogP contribution in [0.15, 0.2) is 71.8 Å². The van der Waals surface area contributed by atoms with Gasteiger partial charge in [-0.15, -0.1) is 0 Å². The van der Waals surface area contributed by atoms with Gasteiger partial charge in [-0.2, -0.15) is 15.0 Å². The molecule has 168 valence electrons. The molecule has 0 atom stereocenters. The number of aromatic nitrogens is 3. The minimum Gasteiger partial charge on any atom is -0.378 e. The Morgan fingerprint density at radius 3 is 2.67 bits per heavy atom. The summed E-state index contributed by atoms with van der Waals surface area (Å²) in [4.78, 5) is 20.9. The van der Waals surface area contributed by atoms with Gasteiger partial charge >= 0.3 is 0 Å². The second-order valence-electron chi connectivity index (χ2n) is 8.98. The highest BCUT2D eigenvalue weighted by molar-refractivity contribution is 6.05. The quantitative estimate of drug-likeness (QED) is 0.599. The lowest BCUT2D eigenvalue weighted by molar-refractivity contribution is 0.122. The third kappa shape index (κ3) is 5.09. The summed E-state index contributed by atoms with van der Waals surface area (Å²) >= 11 is 0. The first kappa shape index (κ1) is 21.3. The highest BCUT2D eigenvalue weighted by Crippen LogP contribution is 2.28. The van der Waals surface area contributed by atoms with Gasteiger partial charge in [-0.1, -0.05) is 62.4 Å². The molecule has 0 radical (unpaired) electrons. The number of rotatable bonds is 4. The normalized spacial score (nSPS) is 19.1. The van der Waals surface area contributed by atoms with Crippen molar-refractivity contribution in [2.45, 2.75) is 20.3 Å². The van der Waals surface area contributed by atoms with E-state index in [0.29, 0.717) is 31.1 Å². The van der Waals surface area contributed by atoms with Gasteiger partial charge in [-0.05, 0) is 35.4 Å². The molecule has 2 heterocycles. The van der Waals surface area contributed by atoms with Gasteiger partial charge in [0.05, 0.1) is 18.9 Å². The highest BCUT2D eigenvalue weighted by Gasteiger charge is 2.18. The van der Waals surface area contributed by atoms with Gasteiger partial charge in [0.25, 0.3) is 5.95 Å². The Kier molecular flexibility index (Phi) is 5.88. The first-order valence-corrected chi connectivity index (χ1v) is 11.3. The maximum absolute atomic E-state index is 5.51. The van der Waals surface area contributed by atoms with Crippen LogP contribution in [0.2, 0.25) is 0 Å². The Balaban J connectivity index is 1.54. The van der Waals surface area contributed by atoms with Crippen LogP contribution in [0, 0.1) is 5.41 Å². The zero-order valence-electron chi connectivity index (χ0n) is 19.0. The second kappa shape index (κ2) is 9.11.